The van der Waals surface area contributed by atoms with E-state index < -0.39 is 0 Å². The van der Waals surface area contributed by atoms with Crippen molar-refractivity contribution in [2.45, 2.75) is 49.7 Å². The summed E-state index contributed by atoms with van der Waals surface area (Å²) in [6, 6.07) is 2.61. The average Bonchev–Trinajstić information content (AvgIpc) is 2.46. The van der Waals surface area contributed by atoms with Crippen LogP contribution in [0.15, 0.2) is 11.2 Å². The maximum absolute atomic E-state index is 5.92. The van der Waals surface area contributed by atoms with Crippen LogP contribution < -0.4 is 10.6 Å². The maximum Gasteiger partial charge on any atom is 0.191 e. The Kier molecular flexibility index (Phi) is 3.82. The van der Waals surface area contributed by atoms with Gasteiger partial charge in [-0.1, -0.05) is 24.6 Å². The third-order valence-corrected chi connectivity index (χ3v) is 4.98. The van der Waals surface area contributed by atoms with Crippen LogP contribution >= 0.6 is 11.8 Å². The number of nitrogens with two attached hydrogens (primary N) is 1. The number of hydrogen-bond acceptors (Lipinski definition) is 5. The van der Waals surface area contributed by atoms with Gasteiger partial charge in [-0.3, -0.25) is 0 Å². The van der Waals surface area contributed by atoms with Gasteiger partial charge in [-0.05, 0) is 37.9 Å². The Morgan fingerprint density at radius 2 is 2.00 bits per heavy atom. The summed E-state index contributed by atoms with van der Waals surface area (Å²) in [7, 11) is 0. The monoisotopic (exact) mass is 278 g/mol. The van der Waals surface area contributed by atoms with Gasteiger partial charge in [0.2, 0.25) is 0 Å². The molecule has 1 aliphatic heterocycles. The third kappa shape index (κ3) is 2.66. The van der Waals surface area contributed by atoms with Crippen LogP contribution in [0.3, 0.4) is 0 Å². The SMILES string of the molecule is CSc1nc(N)cc(N2CCCC3CCCCC32)n1. The third-order valence-electron chi connectivity index (χ3n) is 4.43. The standard InChI is InChI=1S/C14H22N4S/c1-19-14-16-12(15)9-13(17-14)18-8-4-6-10-5-2-3-7-11(10)18/h9-11H,2-8H2,1H3,(H2,15,16,17). The van der Waals surface area contributed by atoms with Gasteiger partial charge in [0.05, 0.1) is 0 Å². The zero-order valence-corrected chi connectivity index (χ0v) is 12.3. The average molecular weight is 278 g/mol. The van der Waals surface area contributed by atoms with Crippen molar-refractivity contribution in [1.82, 2.24) is 9.97 Å². The van der Waals surface area contributed by atoms with Crippen molar-refractivity contribution in [3.63, 3.8) is 0 Å². The summed E-state index contributed by atoms with van der Waals surface area (Å²) < 4.78 is 0. The van der Waals surface area contributed by atoms with E-state index in [9.17, 15) is 0 Å². The number of aromatic nitrogens is 2. The van der Waals surface area contributed by atoms with E-state index in [4.69, 9.17) is 5.73 Å². The lowest BCUT2D eigenvalue weighted by molar-refractivity contribution is 0.242. The van der Waals surface area contributed by atoms with Crippen molar-refractivity contribution in [3.05, 3.63) is 6.07 Å². The molecule has 2 fully saturated rings. The van der Waals surface area contributed by atoms with E-state index in [0.717, 1.165) is 23.4 Å². The minimum atomic E-state index is 0.590. The summed E-state index contributed by atoms with van der Waals surface area (Å²) in [6.45, 7) is 1.12. The molecule has 19 heavy (non-hydrogen) atoms. The van der Waals surface area contributed by atoms with Crippen LogP contribution in [0.2, 0.25) is 0 Å². The molecule has 2 heterocycles. The molecular formula is C14H22N4S. The molecule has 0 spiro atoms. The van der Waals surface area contributed by atoms with Crippen LogP contribution in [0.1, 0.15) is 38.5 Å². The van der Waals surface area contributed by atoms with Crippen LogP contribution in [0.5, 0.6) is 0 Å². The normalized spacial score (nSPS) is 27.1. The van der Waals surface area contributed by atoms with E-state index >= 15 is 0 Å². The van der Waals surface area contributed by atoms with Crippen LogP contribution in [0.25, 0.3) is 0 Å². The summed E-state index contributed by atoms with van der Waals surface area (Å²) >= 11 is 1.56. The van der Waals surface area contributed by atoms with Crippen molar-refractivity contribution in [2.24, 2.45) is 5.92 Å². The van der Waals surface area contributed by atoms with E-state index in [1.807, 2.05) is 12.3 Å². The molecule has 5 heteroatoms. The quantitative estimate of drug-likeness (QED) is 0.666. The Morgan fingerprint density at radius 3 is 2.84 bits per heavy atom. The lowest BCUT2D eigenvalue weighted by Gasteiger charge is -2.44. The second-order valence-electron chi connectivity index (χ2n) is 5.59. The zero-order chi connectivity index (χ0) is 13.2. The molecule has 1 aromatic rings. The highest BCUT2D eigenvalue weighted by Crippen LogP contribution is 2.37. The van der Waals surface area contributed by atoms with Gasteiger partial charge in [0.1, 0.15) is 11.6 Å². The number of hydrogen-bond donors (Lipinski definition) is 1. The van der Waals surface area contributed by atoms with Crippen LogP contribution in [0, 0.1) is 5.92 Å². The first-order valence-corrected chi connectivity index (χ1v) is 8.45. The smallest absolute Gasteiger partial charge is 0.191 e. The minimum Gasteiger partial charge on any atom is -0.383 e. The van der Waals surface area contributed by atoms with Crippen LogP contribution in [-0.4, -0.2) is 28.8 Å². The lowest BCUT2D eigenvalue weighted by atomic mass is 9.78. The molecule has 2 aliphatic rings. The second-order valence-corrected chi connectivity index (χ2v) is 6.36. The molecule has 104 valence electrons. The maximum atomic E-state index is 5.92. The van der Waals surface area contributed by atoms with E-state index in [0.29, 0.717) is 11.9 Å². The largest absolute Gasteiger partial charge is 0.383 e. The van der Waals surface area contributed by atoms with Gasteiger partial charge in [-0.2, -0.15) is 0 Å². The molecule has 1 saturated carbocycles. The lowest BCUT2D eigenvalue weighted by Crippen LogP contribution is -2.47. The van der Waals surface area contributed by atoms with E-state index in [1.165, 1.54) is 38.5 Å². The predicted octanol–water partition coefficient (Wildman–Crippen LogP) is 2.94. The molecule has 3 rings (SSSR count). The molecule has 2 atom stereocenters. The number of anilines is 2. The van der Waals surface area contributed by atoms with E-state index in [2.05, 4.69) is 14.9 Å². The zero-order valence-electron chi connectivity index (χ0n) is 11.5. The minimum absolute atomic E-state index is 0.590. The van der Waals surface area contributed by atoms with Crippen molar-refractivity contribution < 1.29 is 0 Å². The molecule has 2 unspecified atom stereocenters. The Bertz CT molecular complexity index is 449. The number of thioether (sulfide) groups is 1. The fourth-order valence-electron chi connectivity index (χ4n) is 3.58. The van der Waals surface area contributed by atoms with E-state index in [-0.39, 0.29) is 0 Å². The summed E-state index contributed by atoms with van der Waals surface area (Å²) in [4.78, 5) is 11.4. The highest BCUT2D eigenvalue weighted by Gasteiger charge is 2.34. The molecule has 0 bridgehead atoms. The predicted molar refractivity (Wildman–Crippen MR) is 80.6 cm³/mol. The number of fused-ring (bicyclic) bond motifs is 1. The summed E-state index contributed by atoms with van der Waals surface area (Å²) in [5.74, 6) is 2.48. The molecule has 1 aliphatic carbocycles. The molecule has 4 nitrogen and oxygen atoms in total. The first-order valence-electron chi connectivity index (χ1n) is 7.23. The Balaban J connectivity index is 1.89. The van der Waals surface area contributed by atoms with Gasteiger partial charge in [-0.15, -0.1) is 0 Å². The molecule has 0 aromatic carbocycles. The molecule has 0 radical (unpaired) electrons. The Hall–Kier alpha value is -0.970. The van der Waals surface area contributed by atoms with Crippen molar-refractivity contribution >= 4 is 23.4 Å². The number of piperidine rings is 1. The van der Waals surface area contributed by atoms with Gasteiger partial charge in [0.25, 0.3) is 0 Å². The van der Waals surface area contributed by atoms with Gasteiger partial charge in [0.15, 0.2) is 5.16 Å². The first kappa shape index (κ1) is 13.0. The van der Waals surface area contributed by atoms with Gasteiger partial charge in [0, 0.05) is 18.7 Å². The van der Waals surface area contributed by atoms with Crippen LogP contribution in [0.4, 0.5) is 11.6 Å². The topological polar surface area (TPSA) is 55.0 Å². The fraction of sp³-hybridized carbons (Fsp3) is 0.714. The Labute approximate surface area is 119 Å². The molecule has 2 N–H and O–H groups in total. The van der Waals surface area contributed by atoms with Gasteiger partial charge in [-0.25, -0.2) is 9.97 Å². The highest BCUT2D eigenvalue weighted by molar-refractivity contribution is 7.98. The van der Waals surface area contributed by atoms with Crippen molar-refractivity contribution in [1.29, 1.82) is 0 Å². The molecule has 1 aromatic heterocycles. The number of nitrogens with zero attached hydrogens (tertiary/aromatic N) is 3. The summed E-state index contributed by atoms with van der Waals surface area (Å²) in [6.07, 6.45) is 10.1. The summed E-state index contributed by atoms with van der Waals surface area (Å²) in [5.41, 5.74) is 5.92. The van der Waals surface area contributed by atoms with Crippen LogP contribution in [-0.2, 0) is 0 Å². The van der Waals surface area contributed by atoms with Gasteiger partial charge >= 0.3 is 0 Å². The van der Waals surface area contributed by atoms with E-state index in [1.54, 1.807) is 11.8 Å². The van der Waals surface area contributed by atoms with Crippen molar-refractivity contribution in [3.8, 4) is 0 Å². The summed E-state index contributed by atoms with van der Waals surface area (Å²) in [5, 5.41) is 0.785. The first-order chi connectivity index (χ1) is 9.28. The van der Waals surface area contributed by atoms with Crippen molar-refractivity contribution in [2.75, 3.05) is 23.4 Å². The number of nitrogen functional groups attached to an aromatic ring is 1. The van der Waals surface area contributed by atoms with Gasteiger partial charge < -0.3 is 10.6 Å². The Morgan fingerprint density at radius 1 is 1.21 bits per heavy atom. The number of rotatable bonds is 2. The highest BCUT2D eigenvalue weighted by atomic mass is 32.2. The molecule has 0 amide bonds. The molecular weight excluding hydrogens is 256 g/mol. The molecule has 1 saturated heterocycles. The second kappa shape index (κ2) is 5.57. The fourth-order valence-corrected chi connectivity index (χ4v) is 3.96.